The Hall–Kier alpha value is -1.63. The highest BCUT2D eigenvalue weighted by molar-refractivity contribution is 7.10. The van der Waals surface area contributed by atoms with Crippen molar-refractivity contribution in [1.82, 2.24) is 14.8 Å². The molecule has 1 unspecified atom stereocenters. The summed E-state index contributed by atoms with van der Waals surface area (Å²) < 4.78 is 0. The fourth-order valence-electron chi connectivity index (χ4n) is 3.98. The second kappa shape index (κ2) is 8.80. The van der Waals surface area contributed by atoms with E-state index >= 15 is 0 Å². The maximum absolute atomic E-state index is 12.6. The summed E-state index contributed by atoms with van der Waals surface area (Å²) in [6.45, 7) is 6.75. The summed E-state index contributed by atoms with van der Waals surface area (Å²) in [5, 5.41) is 6.06. The zero-order valence-corrected chi connectivity index (χ0v) is 17.9. The quantitative estimate of drug-likeness (QED) is 0.787. The molecular weight excluding hydrogens is 392 g/mol. The molecule has 2 aromatic heterocycles. The topological polar surface area (TPSA) is 48.5 Å². The van der Waals surface area contributed by atoms with Gasteiger partial charge in [-0.2, -0.15) is 0 Å². The van der Waals surface area contributed by atoms with Crippen LogP contribution in [0.5, 0.6) is 0 Å². The average Bonchev–Trinajstić information content (AvgIpc) is 3.20. The molecule has 4 rings (SSSR count). The number of fused-ring (bicyclic) bond motifs is 1. The third kappa shape index (κ3) is 4.34. The Morgan fingerprint density at radius 2 is 2.14 bits per heavy atom. The third-order valence-corrected chi connectivity index (χ3v) is 7.07. The summed E-state index contributed by atoms with van der Waals surface area (Å²) in [5.74, 6) is 0.686. The lowest BCUT2D eigenvalue weighted by Gasteiger charge is -2.32. The van der Waals surface area contributed by atoms with Crippen LogP contribution in [-0.4, -0.2) is 52.9 Å². The minimum Gasteiger partial charge on any atom is -0.367 e. The van der Waals surface area contributed by atoms with E-state index in [9.17, 15) is 4.79 Å². The van der Waals surface area contributed by atoms with Gasteiger partial charge in [0.15, 0.2) is 0 Å². The number of rotatable bonds is 5. The van der Waals surface area contributed by atoms with E-state index in [0.717, 1.165) is 52.0 Å². The van der Waals surface area contributed by atoms with Crippen LogP contribution >= 0.6 is 22.9 Å². The van der Waals surface area contributed by atoms with E-state index in [1.165, 1.54) is 16.9 Å². The number of hydrogen-bond acceptors (Lipinski definition) is 5. The second-order valence-electron chi connectivity index (χ2n) is 7.73. The van der Waals surface area contributed by atoms with Crippen molar-refractivity contribution in [3.63, 3.8) is 0 Å². The van der Waals surface area contributed by atoms with Crippen LogP contribution in [0.4, 0.5) is 5.82 Å². The van der Waals surface area contributed by atoms with Crippen molar-refractivity contribution in [3.05, 3.63) is 44.7 Å². The smallest absolute Gasteiger partial charge is 0.255 e. The van der Waals surface area contributed by atoms with Crippen molar-refractivity contribution in [2.75, 3.05) is 31.5 Å². The fraction of sp³-hybridized carbons (Fsp3) is 0.524. The minimum atomic E-state index is 0.0360. The van der Waals surface area contributed by atoms with E-state index in [2.05, 4.69) is 33.6 Å². The van der Waals surface area contributed by atoms with E-state index in [-0.39, 0.29) is 5.91 Å². The number of nitrogens with one attached hydrogen (secondary N) is 1. The lowest BCUT2D eigenvalue weighted by atomic mass is 10.1. The Kier molecular flexibility index (Phi) is 6.19. The van der Waals surface area contributed by atoms with Crippen LogP contribution in [0.25, 0.3) is 0 Å². The van der Waals surface area contributed by atoms with E-state index < -0.39 is 0 Å². The van der Waals surface area contributed by atoms with Crippen LogP contribution in [0.1, 0.15) is 47.0 Å². The van der Waals surface area contributed by atoms with Crippen molar-refractivity contribution in [1.29, 1.82) is 0 Å². The Labute approximate surface area is 175 Å². The Morgan fingerprint density at radius 1 is 1.32 bits per heavy atom. The van der Waals surface area contributed by atoms with Crippen LogP contribution in [0, 0.1) is 0 Å². The summed E-state index contributed by atoms with van der Waals surface area (Å²) in [6, 6.07) is 4.36. The van der Waals surface area contributed by atoms with Crippen LogP contribution < -0.4 is 5.32 Å². The molecule has 2 aromatic rings. The van der Waals surface area contributed by atoms with E-state index in [1.807, 2.05) is 16.2 Å². The van der Waals surface area contributed by atoms with Crippen LogP contribution in [0.3, 0.4) is 0 Å². The van der Waals surface area contributed by atoms with Crippen LogP contribution in [0.2, 0.25) is 5.02 Å². The van der Waals surface area contributed by atoms with E-state index in [0.29, 0.717) is 22.4 Å². The molecule has 150 valence electrons. The number of carbonyl (C=O) groups excluding carboxylic acids is 1. The molecule has 7 heteroatoms. The average molecular weight is 419 g/mol. The lowest BCUT2D eigenvalue weighted by Crippen LogP contribution is -2.41. The highest BCUT2D eigenvalue weighted by Gasteiger charge is 2.22. The highest BCUT2D eigenvalue weighted by Crippen LogP contribution is 2.26. The number of carbonyl (C=O) groups is 1. The van der Waals surface area contributed by atoms with Crippen molar-refractivity contribution < 1.29 is 4.79 Å². The molecule has 2 aliphatic rings. The molecule has 5 nitrogen and oxygen atoms in total. The predicted octanol–water partition coefficient (Wildman–Crippen LogP) is 4.28. The minimum absolute atomic E-state index is 0.0360. The third-order valence-electron chi connectivity index (χ3n) is 5.76. The molecule has 1 fully saturated rings. The number of halogens is 1. The zero-order valence-electron chi connectivity index (χ0n) is 16.3. The van der Waals surface area contributed by atoms with Crippen molar-refractivity contribution in [3.8, 4) is 0 Å². The van der Waals surface area contributed by atoms with Gasteiger partial charge in [0.05, 0.1) is 10.6 Å². The number of pyridine rings is 1. The molecule has 28 heavy (non-hydrogen) atoms. The molecular formula is C21H27ClN4OS. The van der Waals surface area contributed by atoms with Crippen LogP contribution in [0.15, 0.2) is 23.7 Å². The van der Waals surface area contributed by atoms with Gasteiger partial charge in [-0.3, -0.25) is 9.69 Å². The molecule has 1 amide bonds. The monoisotopic (exact) mass is 418 g/mol. The zero-order chi connectivity index (χ0) is 19.5. The van der Waals surface area contributed by atoms with Gasteiger partial charge in [-0.25, -0.2) is 4.98 Å². The molecule has 0 aromatic carbocycles. The molecule has 2 aliphatic heterocycles. The number of amides is 1. The highest BCUT2D eigenvalue weighted by atomic mass is 35.5. The second-order valence-corrected chi connectivity index (χ2v) is 9.13. The SMILES string of the molecule is CC(CNc1ncc(C(=O)N2CCCCC2)cc1Cl)N1CCc2sccc2C1. The number of nitrogens with zero attached hydrogens (tertiary/aromatic N) is 3. The van der Waals surface area contributed by atoms with Gasteiger partial charge in [0.25, 0.3) is 5.91 Å². The fourth-order valence-corrected chi connectivity index (χ4v) is 5.11. The Morgan fingerprint density at radius 3 is 2.93 bits per heavy atom. The van der Waals surface area contributed by atoms with Gasteiger partial charge >= 0.3 is 0 Å². The van der Waals surface area contributed by atoms with Gasteiger partial charge in [-0.1, -0.05) is 11.6 Å². The molecule has 0 radical (unpaired) electrons. The van der Waals surface area contributed by atoms with Gasteiger partial charge in [0, 0.05) is 49.8 Å². The molecule has 0 spiro atoms. The van der Waals surface area contributed by atoms with Crippen molar-refractivity contribution in [2.45, 2.75) is 45.2 Å². The maximum atomic E-state index is 12.6. The van der Waals surface area contributed by atoms with Gasteiger partial charge in [0.1, 0.15) is 5.82 Å². The molecule has 1 saturated heterocycles. The van der Waals surface area contributed by atoms with Gasteiger partial charge in [-0.15, -0.1) is 11.3 Å². The number of piperidine rings is 1. The first-order valence-corrected chi connectivity index (χ1v) is 11.4. The summed E-state index contributed by atoms with van der Waals surface area (Å²) in [6.07, 6.45) is 6.13. The molecule has 1 N–H and O–H groups in total. The molecule has 0 bridgehead atoms. The van der Waals surface area contributed by atoms with Gasteiger partial charge in [0.2, 0.25) is 0 Å². The number of thiophene rings is 1. The van der Waals surface area contributed by atoms with E-state index in [4.69, 9.17) is 11.6 Å². The van der Waals surface area contributed by atoms with Crippen molar-refractivity contribution in [2.24, 2.45) is 0 Å². The van der Waals surface area contributed by atoms with Crippen molar-refractivity contribution >= 4 is 34.7 Å². The van der Waals surface area contributed by atoms with Gasteiger partial charge in [-0.05, 0) is 55.7 Å². The lowest BCUT2D eigenvalue weighted by molar-refractivity contribution is 0.0724. The Balaban J connectivity index is 1.34. The number of anilines is 1. The van der Waals surface area contributed by atoms with E-state index in [1.54, 1.807) is 12.3 Å². The first-order valence-electron chi connectivity index (χ1n) is 10.1. The summed E-state index contributed by atoms with van der Waals surface area (Å²) in [5.41, 5.74) is 2.03. The number of likely N-dealkylation sites (tertiary alicyclic amines) is 1. The maximum Gasteiger partial charge on any atom is 0.255 e. The summed E-state index contributed by atoms with van der Waals surface area (Å²) in [4.78, 5) is 23.0. The van der Waals surface area contributed by atoms with Crippen LogP contribution in [-0.2, 0) is 13.0 Å². The largest absolute Gasteiger partial charge is 0.367 e. The molecule has 0 saturated carbocycles. The molecule has 1 atom stereocenters. The Bertz CT molecular complexity index is 834. The standard InChI is InChI=1S/C21H27ClN4OS/c1-15(26-9-5-19-16(14-26)6-10-28-19)12-23-20-18(22)11-17(13-24-20)21(27)25-7-3-2-4-8-25/h6,10-11,13,15H,2-5,7-9,12,14H2,1H3,(H,23,24). The normalized spacial score (nSPS) is 18.6. The predicted molar refractivity (Wildman–Crippen MR) is 115 cm³/mol. The number of hydrogen-bond donors (Lipinski definition) is 1. The molecule has 4 heterocycles. The first kappa shape index (κ1) is 19.7. The number of aromatic nitrogens is 1. The van der Waals surface area contributed by atoms with Gasteiger partial charge < -0.3 is 10.2 Å². The molecule has 0 aliphatic carbocycles. The summed E-state index contributed by atoms with van der Waals surface area (Å²) >= 11 is 8.29. The first-order chi connectivity index (χ1) is 13.6. The summed E-state index contributed by atoms with van der Waals surface area (Å²) in [7, 11) is 0.